The Morgan fingerprint density at radius 1 is 1.29 bits per heavy atom. The maximum atomic E-state index is 12.8. The van der Waals surface area contributed by atoms with Crippen LogP contribution in [0.4, 0.5) is 0 Å². The molecule has 1 fully saturated rings. The Bertz CT molecular complexity index is 483. The van der Waals surface area contributed by atoms with Crippen LogP contribution in [0.5, 0.6) is 0 Å². The number of carbonyl (C=O) groups is 1. The van der Waals surface area contributed by atoms with Crippen molar-refractivity contribution in [3.8, 4) is 0 Å². The van der Waals surface area contributed by atoms with E-state index in [0.29, 0.717) is 25.0 Å². The molecule has 134 valence electrons. The van der Waals surface area contributed by atoms with Crippen LogP contribution >= 0.6 is 0 Å². The highest BCUT2D eigenvalue weighted by Gasteiger charge is 2.22. The van der Waals surface area contributed by atoms with Crippen molar-refractivity contribution in [2.45, 2.75) is 46.2 Å². The molecule has 2 rings (SSSR count). The van der Waals surface area contributed by atoms with E-state index in [4.69, 9.17) is 0 Å². The molecule has 0 bridgehead atoms. The lowest BCUT2D eigenvalue weighted by Crippen LogP contribution is -2.46. The second-order valence-corrected chi connectivity index (χ2v) is 7.13. The van der Waals surface area contributed by atoms with Gasteiger partial charge in [0.25, 0.3) is 0 Å². The molecule has 1 atom stereocenters. The zero-order chi connectivity index (χ0) is 17.4. The Morgan fingerprint density at radius 3 is 2.62 bits per heavy atom. The third-order valence-corrected chi connectivity index (χ3v) is 4.91. The minimum Gasteiger partial charge on any atom is -0.338 e. The molecule has 1 amide bonds. The first-order chi connectivity index (χ1) is 11.6. The molecule has 1 heterocycles. The van der Waals surface area contributed by atoms with Gasteiger partial charge in [0.05, 0.1) is 6.54 Å². The van der Waals surface area contributed by atoms with Gasteiger partial charge in [-0.3, -0.25) is 9.69 Å². The zero-order valence-electron chi connectivity index (χ0n) is 15.5. The highest BCUT2D eigenvalue weighted by molar-refractivity contribution is 5.78. The lowest BCUT2D eigenvalue weighted by molar-refractivity contribution is -0.133. The van der Waals surface area contributed by atoms with E-state index in [9.17, 15) is 4.79 Å². The Labute approximate surface area is 147 Å². The van der Waals surface area contributed by atoms with Gasteiger partial charge in [0.15, 0.2) is 0 Å². The van der Waals surface area contributed by atoms with Crippen molar-refractivity contribution < 1.29 is 4.79 Å². The molecule has 0 radical (unpaired) electrons. The molecule has 4 nitrogen and oxygen atoms in total. The van der Waals surface area contributed by atoms with Crippen LogP contribution in [-0.4, -0.2) is 54.5 Å². The fourth-order valence-corrected chi connectivity index (χ4v) is 3.32. The average Bonchev–Trinajstić information content (AvgIpc) is 2.60. The quantitative estimate of drug-likeness (QED) is 0.795. The van der Waals surface area contributed by atoms with Crippen LogP contribution in [0.3, 0.4) is 0 Å². The summed E-state index contributed by atoms with van der Waals surface area (Å²) in [5.41, 5.74) is 1.19. The van der Waals surface area contributed by atoms with Gasteiger partial charge in [-0.15, -0.1) is 0 Å². The normalized spacial score (nSPS) is 18.1. The molecule has 0 aliphatic carbocycles. The first-order valence-corrected chi connectivity index (χ1v) is 9.36. The van der Waals surface area contributed by atoms with Gasteiger partial charge in [-0.25, -0.2) is 0 Å². The monoisotopic (exact) mass is 331 g/mol. The highest BCUT2D eigenvalue weighted by Crippen LogP contribution is 2.14. The van der Waals surface area contributed by atoms with Crippen LogP contribution in [0.15, 0.2) is 30.3 Å². The third kappa shape index (κ3) is 5.91. The van der Waals surface area contributed by atoms with E-state index in [-0.39, 0.29) is 5.91 Å². The van der Waals surface area contributed by atoms with Crippen molar-refractivity contribution in [2.24, 2.45) is 5.92 Å². The average molecular weight is 332 g/mol. The van der Waals surface area contributed by atoms with Gasteiger partial charge < -0.3 is 10.2 Å². The van der Waals surface area contributed by atoms with Crippen LogP contribution in [0.1, 0.15) is 39.2 Å². The summed E-state index contributed by atoms with van der Waals surface area (Å²) in [6.45, 7) is 11.7. The third-order valence-electron chi connectivity index (χ3n) is 4.91. The van der Waals surface area contributed by atoms with Gasteiger partial charge in [-0.1, -0.05) is 30.3 Å². The van der Waals surface area contributed by atoms with Gasteiger partial charge in [0.1, 0.15) is 0 Å². The molecule has 1 N–H and O–H groups in total. The second-order valence-electron chi connectivity index (χ2n) is 7.13. The van der Waals surface area contributed by atoms with Crippen molar-refractivity contribution in [3.63, 3.8) is 0 Å². The molecule has 1 aliphatic rings. The molecule has 1 saturated heterocycles. The van der Waals surface area contributed by atoms with Gasteiger partial charge in [-0.05, 0) is 58.2 Å². The molecule has 1 unspecified atom stereocenters. The number of nitrogens with zero attached hydrogens (tertiary/aromatic N) is 2. The van der Waals surface area contributed by atoms with Crippen molar-refractivity contribution in [1.29, 1.82) is 0 Å². The molecule has 24 heavy (non-hydrogen) atoms. The smallest absolute Gasteiger partial charge is 0.237 e. The number of carbonyl (C=O) groups excluding carboxylic acids is 1. The summed E-state index contributed by atoms with van der Waals surface area (Å²) in [6.07, 6.45) is 2.52. The summed E-state index contributed by atoms with van der Waals surface area (Å²) in [4.78, 5) is 17.1. The molecule has 4 heteroatoms. The summed E-state index contributed by atoms with van der Waals surface area (Å²) in [5, 5.41) is 3.48. The van der Waals surface area contributed by atoms with E-state index in [1.54, 1.807) is 0 Å². The van der Waals surface area contributed by atoms with Crippen molar-refractivity contribution >= 4 is 5.91 Å². The predicted octanol–water partition coefficient (Wildman–Crippen LogP) is 2.75. The van der Waals surface area contributed by atoms with Gasteiger partial charge in [0, 0.05) is 25.7 Å². The zero-order valence-corrected chi connectivity index (χ0v) is 15.5. The Balaban J connectivity index is 1.92. The second kappa shape index (κ2) is 9.80. The van der Waals surface area contributed by atoms with E-state index in [2.05, 4.69) is 43.1 Å². The fraction of sp³-hybridized carbons (Fsp3) is 0.650. The van der Waals surface area contributed by atoms with E-state index >= 15 is 0 Å². The number of piperidine rings is 1. The maximum absolute atomic E-state index is 12.8. The number of hydrogen-bond donors (Lipinski definition) is 1. The molecule has 1 aromatic rings. The Morgan fingerprint density at radius 2 is 2.04 bits per heavy atom. The SMILES string of the molecule is CCN(Cc1ccccc1)C(=O)CN(CC1CCCNC1)C(C)C. The van der Waals surface area contributed by atoms with E-state index in [1.165, 1.54) is 18.4 Å². The standard InChI is InChI=1S/C20H33N3O/c1-4-22(14-18-9-6-5-7-10-18)20(24)16-23(17(2)3)15-19-11-8-12-21-13-19/h5-7,9-10,17,19,21H,4,8,11-16H2,1-3H3. The molecule has 0 saturated carbocycles. The van der Waals surface area contributed by atoms with Crippen LogP contribution in [0.2, 0.25) is 0 Å². The number of likely N-dealkylation sites (N-methyl/N-ethyl adjacent to an activating group) is 1. The lowest BCUT2D eigenvalue weighted by atomic mass is 9.98. The Hall–Kier alpha value is -1.39. The number of nitrogens with one attached hydrogen (secondary N) is 1. The first-order valence-electron chi connectivity index (χ1n) is 9.36. The molecule has 1 aliphatic heterocycles. The van der Waals surface area contributed by atoms with Crippen molar-refractivity contribution in [3.05, 3.63) is 35.9 Å². The molecule has 0 spiro atoms. The predicted molar refractivity (Wildman–Crippen MR) is 99.8 cm³/mol. The van der Waals surface area contributed by atoms with Crippen LogP contribution in [0.25, 0.3) is 0 Å². The van der Waals surface area contributed by atoms with Crippen LogP contribution in [-0.2, 0) is 11.3 Å². The van der Waals surface area contributed by atoms with E-state index in [0.717, 1.165) is 26.2 Å². The fourth-order valence-electron chi connectivity index (χ4n) is 3.32. The van der Waals surface area contributed by atoms with Crippen molar-refractivity contribution in [1.82, 2.24) is 15.1 Å². The van der Waals surface area contributed by atoms with Crippen LogP contribution < -0.4 is 5.32 Å². The summed E-state index contributed by atoms with van der Waals surface area (Å²) >= 11 is 0. The largest absolute Gasteiger partial charge is 0.338 e. The molecule has 1 aromatic carbocycles. The number of rotatable bonds is 8. The summed E-state index contributed by atoms with van der Waals surface area (Å²) < 4.78 is 0. The number of hydrogen-bond acceptors (Lipinski definition) is 3. The van der Waals surface area contributed by atoms with E-state index in [1.807, 2.05) is 23.1 Å². The molecular formula is C20H33N3O. The number of benzene rings is 1. The van der Waals surface area contributed by atoms with E-state index < -0.39 is 0 Å². The minimum atomic E-state index is 0.235. The first kappa shape index (κ1) is 18.9. The minimum absolute atomic E-state index is 0.235. The van der Waals surface area contributed by atoms with Gasteiger partial charge in [-0.2, -0.15) is 0 Å². The maximum Gasteiger partial charge on any atom is 0.237 e. The summed E-state index contributed by atoms with van der Waals surface area (Å²) in [7, 11) is 0. The summed E-state index contributed by atoms with van der Waals surface area (Å²) in [6, 6.07) is 10.6. The topological polar surface area (TPSA) is 35.6 Å². The Kier molecular flexibility index (Phi) is 7.73. The lowest BCUT2D eigenvalue weighted by Gasteiger charge is -2.33. The highest BCUT2D eigenvalue weighted by atomic mass is 16.2. The van der Waals surface area contributed by atoms with Gasteiger partial charge >= 0.3 is 0 Å². The molecule has 0 aromatic heterocycles. The van der Waals surface area contributed by atoms with Crippen LogP contribution in [0, 0.1) is 5.92 Å². The summed E-state index contributed by atoms with van der Waals surface area (Å²) in [5.74, 6) is 0.900. The molecular weight excluding hydrogens is 298 g/mol. The van der Waals surface area contributed by atoms with Gasteiger partial charge in [0.2, 0.25) is 5.91 Å². The number of amides is 1. The van der Waals surface area contributed by atoms with Crippen molar-refractivity contribution in [2.75, 3.05) is 32.7 Å².